The highest BCUT2D eigenvalue weighted by molar-refractivity contribution is 5.91. The molecule has 9 rings (SSSR count). The average molecular weight is 1030 g/mol. The number of rotatable bonds is 23. The summed E-state index contributed by atoms with van der Waals surface area (Å²) >= 11 is 0. The molecule has 0 spiro atoms. The first-order valence-electron chi connectivity index (χ1n) is 25.2. The molecule has 0 aliphatic carbocycles. The van der Waals surface area contributed by atoms with Crippen LogP contribution in [-0.4, -0.2) is 99.6 Å². The minimum absolute atomic E-state index is 0.0553. The van der Waals surface area contributed by atoms with Gasteiger partial charge in [0.2, 0.25) is 0 Å². The normalized spacial score (nSPS) is 23.2. The molecule has 0 N–H and O–H groups in total. The van der Waals surface area contributed by atoms with Gasteiger partial charge in [0.25, 0.3) is 0 Å². The summed E-state index contributed by atoms with van der Waals surface area (Å²) in [7, 11) is 1.36. The molecular formula is C62H60O14. The van der Waals surface area contributed by atoms with Gasteiger partial charge in [0.15, 0.2) is 30.9 Å². The molecule has 2 aliphatic heterocycles. The maximum Gasteiger partial charge on any atom is 0.338 e. The fraction of sp³-hybridized carbons (Fsp3) is 0.274. The lowest BCUT2D eigenvalue weighted by atomic mass is 9.96. The summed E-state index contributed by atoms with van der Waals surface area (Å²) in [5.74, 6) is -2.32. The highest BCUT2D eigenvalue weighted by Crippen LogP contribution is 2.35. The molecule has 7 aromatic rings. The molecule has 2 fully saturated rings. The van der Waals surface area contributed by atoms with Gasteiger partial charge in [-0.2, -0.15) is 0 Å². The Morgan fingerprint density at radius 2 is 0.684 bits per heavy atom. The van der Waals surface area contributed by atoms with Crippen LogP contribution in [-0.2, 0) is 78.5 Å². The number of esters is 3. The van der Waals surface area contributed by atoms with Crippen LogP contribution in [0, 0.1) is 0 Å². The van der Waals surface area contributed by atoms with E-state index in [2.05, 4.69) is 0 Å². The van der Waals surface area contributed by atoms with E-state index in [9.17, 15) is 14.4 Å². The van der Waals surface area contributed by atoms with Crippen LogP contribution in [0.25, 0.3) is 0 Å². The van der Waals surface area contributed by atoms with Crippen LogP contribution < -0.4 is 0 Å². The molecule has 6 unspecified atom stereocenters. The molecule has 2 saturated heterocycles. The van der Waals surface area contributed by atoms with Crippen molar-refractivity contribution in [3.8, 4) is 0 Å². The van der Waals surface area contributed by atoms with Crippen LogP contribution in [0.2, 0.25) is 0 Å². The molecule has 76 heavy (non-hydrogen) atoms. The molecule has 7 aromatic carbocycles. The molecule has 0 bridgehead atoms. The number of hydrogen-bond acceptors (Lipinski definition) is 14. The van der Waals surface area contributed by atoms with Crippen molar-refractivity contribution in [1.29, 1.82) is 0 Å². The Balaban J connectivity index is 1.08. The number of carbonyl (C=O) groups excluding carboxylic acids is 3. The molecule has 14 heteroatoms. The zero-order chi connectivity index (χ0) is 52.3. The van der Waals surface area contributed by atoms with E-state index >= 15 is 0 Å². The SMILES string of the molecule is CO[C@H]1OC(CO[C@@H]2OC(COCc3ccccc3)[C@@H](OCc3ccccc3)C(OCc3ccccc3)C2OCc2ccccc2)[C@@H](OC(=O)c2ccccc2)C(OC(=O)c2ccccc2)C1OC(=O)c1ccccc1. The fourth-order valence-corrected chi connectivity index (χ4v) is 8.97. The van der Waals surface area contributed by atoms with Crippen LogP contribution >= 0.6 is 0 Å². The molecule has 0 aromatic heterocycles. The van der Waals surface area contributed by atoms with Gasteiger partial charge in [-0.05, 0) is 58.7 Å². The highest BCUT2D eigenvalue weighted by atomic mass is 16.8. The Hall–Kier alpha value is -7.37. The Labute approximate surface area is 442 Å². The Kier molecular flexibility index (Phi) is 19.3. The molecule has 2 aliphatic rings. The van der Waals surface area contributed by atoms with Crippen LogP contribution in [0.4, 0.5) is 0 Å². The van der Waals surface area contributed by atoms with E-state index in [1.54, 1.807) is 91.0 Å². The zero-order valence-corrected chi connectivity index (χ0v) is 41.9. The van der Waals surface area contributed by atoms with E-state index in [1.807, 2.05) is 121 Å². The lowest BCUT2D eigenvalue weighted by molar-refractivity contribution is -0.343. The molecule has 2 heterocycles. The minimum Gasteiger partial charge on any atom is -0.452 e. The summed E-state index contributed by atoms with van der Waals surface area (Å²) in [6.07, 6.45) is -11.7. The lowest BCUT2D eigenvalue weighted by Crippen LogP contribution is -2.64. The predicted octanol–water partition coefficient (Wildman–Crippen LogP) is 9.75. The second-order valence-electron chi connectivity index (χ2n) is 18.1. The number of carbonyl (C=O) groups is 3. The Bertz CT molecular complexity index is 2830. The van der Waals surface area contributed by atoms with Crippen molar-refractivity contribution < 1.29 is 66.5 Å². The molecular weight excluding hydrogens is 969 g/mol. The standard InChI is InChI=1S/C62H60O14/c1-66-61-57(76-60(65)49-35-21-8-22-36-49)55(75-59(64)48-33-19-7-20-34-48)53(74-58(63)47-31-17-6-18-32-47)51(72-61)42-71-62-56(70-40-46-29-15-5-16-30-46)54(69-39-45-27-13-4-14-28-45)52(68-38-44-25-11-3-12-26-44)50(73-62)41-67-37-43-23-9-2-10-24-43/h2-36,50-57,61-62H,37-42H2,1H3/t50?,51?,52-,53-,54?,55?,56?,57?,61+,62-/m1/s1. The van der Waals surface area contributed by atoms with E-state index in [1.165, 1.54) is 7.11 Å². The van der Waals surface area contributed by atoms with Crippen molar-refractivity contribution in [1.82, 2.24) is 0 Å². The third kappa shape index (κ3) is 14.5. The summed E-state index contributed by atoms with van der Waals surface area (Å²) in [6.45, 7) is 0.495. The van der Waals surface area contributed by atoms with Gasteiger partial charge >= 0.3 is 17.9 Å². The van der Waals surface area contributed by atoms with Gasteiger partial charge in [-0.1, -0.05) is 176 Å². The molecule has 0 saturated carbocycles. The smallest absolute Gasteiger partial charge is 0.338 e. The Morgan fingerprint density at radius 1 is 0.342 bits per heavy atom. The summed E-state index contributed by atoms with van der Waals surface area (Å²) in [6, 6.07) is 63.9. The topological polar surface area (TPSA) is 153 Å². The van der Waals surface area contributed by atoms with Crippen LogP contribution in [0.5, 0.6) is 0 Å². The largest absolute Gasteiger partial charge is 0.452 e. The average Bonchev–Trinajstić information content (AvgIpc) is 3.48. The first-order valence-corrected chi connectivity index (χ1v) is 25.2. The van der Waals surface area contributed by atoms with Crippen molar-refractivity contribution in [3.05, 3.63) is 251 Å². The summed E-state index contributed by atoms with van der Waals surface area (Å²) in [4.78, 5) is 42.3. The first kappa shape index (κ1) is 53.5. The zero-order valence-electron chi connectivity index (χ0n) is 41.9. The first-order chi connectivity index (χ1) is 37.4. The number of ether oxygens (including phenoxy) is 11. The van der Waals surface area contributed by atoms with Crippen LogP contribution in [0.3, 0.4) is 0 Å². The van der Waals surface area contributed by atoms with Crippen molar-refractivity contribution >= 4 is 17.9 Å². The second-order valence-corrected chi connectivity index (χ2v) is 18.1. The van der Waals surface area contributed by atoms with Gasteiger partial charge in [-0.3, -0.25) is 0 Å². The van der Waals surface area contributed by atoms with Crippen LogP contribution in [0.15, 0.2) is 212 Å². The molecule has 0 radical (unpaired) electrons. The van der Waals surface area contributed by atoms with E-state index in [0.717, 1.165) is 22.3 Å². The van der Waals surface area contributed by atoms with Gasteiger partial charge in [-0.15, -0.1) is 0 Å². The second kappa shape index (κ2) is 27.4. The summed E-state index contributed by atoms with van der Waals surface area (Å²) in [5.41, 5.74) is 4.28. The van der Waals surface area contributed by atoms with E-state index < -0.39 is 79.3 Å². The van der Waals surface area contributed by atoms with Gasteiger partial charge in [0.05, 0.1) is 56.3 Å². The third-order valence-corrected chi connectivity index (χ3v) is 12.8. The quantitative estimate of drug-likeness (QED) is 0.0441. The molecule has 392 valence electrons. The number of hydrogen-bond donors (Lipinski definition) is 0. The van der Waals surface area contributed by atoms with Crippen LogP contribution in [0.1, 0.15) is 53.3 Å². The van der Waals surface area contributed by atoms with E-state index in [4.69, 9.17) is 52.1 Å². The van der Waals surface area contributed by atoms with Gasteiger partial charge in [0.1, 0.15) is 30.5 Å². The minimum atomic E-state index is -1.52. The van der Waals surface area contributed by atoms with Crippen molar-refractivity contribution in [2.45, 2.75) is 87.8 Å². The maximum atomic E-state index is 14.2. The highest BCUT2D eigenvalue weighted by Gasteiger charge is 2.55. The predicted molar refractivity (Wildman–Crippen MR) is 278 cm³/mol. The van der Waals surface area contributed by atoms with Crippen molar-refractivity contribution in [3.63, 3.8) is 0 Å². The van der Waals surface area contributed by atoms with E-state index in [-0.39, 0.29) is 56.3 Å². The van der Waals surface area contributed by atoms with Crippen molar-refractivity contribution in [2.75, 3.05) is 20.3 Å². The summed E-state index contributed by atoms with van der Waals surface area (Å²) < 4.78 is 72.2. The number of benzene rings is 7. The fourth-order valence-electron chi connectivity index (χ4n) is 8.97. The monoisotopic (exact) mass is 1030 g/mol. The van der Waals surface area contributed by atoms with Gasteiger partial charge in [0, 0.05) is 7.11 Å². The molecule has 0 amide bonds. The molecule has 14 nitrogen and oxygen atoms in total. The Morgan fingerprint density at radius 3 is 1.12 bits per heavy atom. The molecule has 10 atom stereocenters. The summed E-state index contributed by atoms with van der Waals surface area (Å²) in [5, 5.41) is 0. The van der Waals surface area contributed by atoms with E-state index in [0.29, 0.717) is 0 Å². The maximum absolute atomic E-state index is 14.2. The third-order valence-electron chi connectivity index (χ3n) is 12.8. The number of methoxy groups -OCH3 is 1. The van der Waals surface area contributed by atoms with Gasteiger partial charge in [-0.25, -0.2) is 14.4 Å². The van der Waals surface area contributed by atoms with Crippen molar-refractivity contribution in [2.24, 2.45) is 0 Å². The lowest BCUT2D eigenvalue weighted by Gasteiger charge is -2.47. The van der Waals surface area contributed by atoms with Gasteiger partial charge < -0.3 is 52.1 Å².